The average molecular weight is 328 g/mol. The van der Waals surface area contributed by atoms with Crippen LogP contribution in [0.5, 0.6) is 5.75 Å². The molecule has 0 aliphatic carbocycles. The van der Waals surface area contributed by atoms with Gasteiger partial charge < -0.3 is 14.4 Å². The zero-order valence-electron chi connectivity index (χ0n) is 14.4. The van der Waals surface area contributed by atoms with Gasteiger partial charge in [0.25, 0.3) is 5.91 Å². The summed E-state index contributed by atoms with van der Waals surface area (Å²) in [6.07, 6.45) is 3.50. The third kappa shape index (κ3) is 4.55. The smallest absolute Gasteiger partial charge is 0.257 e. The molecule has 1 amide bonds. The number of amides is 1. The molecule has 0 saturated carbocycles. The molecular weight excluding hydrogens is 304 g/mol. The van der Waals surface area contributed by atoms with E-state index >= 15 is 0 Å². The number of ether oxygens (including phenoxy) is 2. The van der Waals surface area contributed by atoms with E-state index in [1.807, 2.05) is 44.2 Å². The summed E-state index contributed by atoms with van der Waals surface area (Å²) in [5.74, 6) is 0.491. The molecule has 5 nitrogen and oxygen atoms in total. The summed E-state index contributed by atoms with van der Waals surface area (Å²) in [7, 11) is 1.79. The first kappa shape index (κ1) is 17.9. The van der Waals surface area contributed by atoms with Gasteiger partial charge in [-0.05, 0) is 37.6 Å². The number of benzene rings is 1. The molecule has 1 atom stereocenters. The van der Waals surface area contributed by atoms with Crippen LogP contribution in [0.4, 0.5) is 0 Å². The van der Waals surface area contributed by atoms with Crippen LogP contribution >= 0.6 is 0 Å². The summed E-state index contributed by atoms with van der Waals surface area (Å²) in [6, 6.07) is 11.0. The van der Waals surface area contributed by atoms with Crippen molar-refractivity contribution < 1.29 is 14.3 Å². The van der Waals surface area contributed by atoms with Gasteiger partial charge in [0.05, 0.1) is 18.2 Å². The Bertz CT molecular complexity index is 646. The Morgan fingerprint density at radius 2 is 2.00 bits per heavy atom. The standard InChI is InChI=1S/C19H24N2O3/c1-4-23-12-13-24-18-10-6-5-9-17(18)19(22)21(3)15(2)16-8-7-11-20-14-16/h5-11,14-15H,4,12-13H2,1-3H3/t15-/m0/s1. The van der Waals surface area contributed by atoms with Crippen LogP contribution in [0.25, 0.3) is 0 Å². The molecule has 2 aromatic rings. The Labute approximate surface area is 143 Å². The predicted molar refractivity (Wildman–Crippen MR) is 93.2 cm³/mol. The fourth-order valence-corrected chi connectivity index (χ4v) is 2.34. The molecule has 2 rings (SSSR count). The van der Waals surface area contributed by atoms with Crippen molar-refractivity contribution in [2.75, 3.05) is 26.9 Å². The van der Waals surface area contributed by atoms with E-state index in [2.05, 4.69) is 4.98 Å². The van der Waals surface area contributed by atoms with Crippen LogP contribution in [0.2, 0.25) is 0 Å². The van der Waals surface area contributed by atoms with Crippen molar-refractivity contribution in [1.29, 1.82) is 0 Å². The zero-order chi connectivity index (χ0) is 17.4. The SMILES string of the molecule is CCOCCOc1ccccc1C(=O)N(C)[C@@H](C)c1cccnc1. The minimum Gasteiger partial charge on any atom is -0.490 e. The quantitative estimate of drug-likeness (QED) is 0.698. The van der Waals surface area contributed by atoms with Crippen molar-refractivity contribution in [2.45, 2.75) is 19.9 Å². The van der Waals surface area contributed by atoms with Gasteiger partial charge in [-0.2, -0.15) is 0 Å². The molecule has 128 valence electrons. The van der Waals surface area contributed by atoms with E-state index in [1.54, 1.807) is 30.4 Å². The molecule has 0 spiro atoms. The van der Waals surface area contributed by atoms with Gasteiger partial charge in [0.2, 0.25) is 0 Å². The molecule has 0 saturated heterocycles. The summed E-state index contributed by atoms with van der Waals surface area (Å²) in [4.78, 5) is 18.7. The van der Waals surface area contributed by atoms with Crippen molar-refractivity contribution in [3.05, 3.63) is 59.9 Å². The molecule has 0 aliphatic rings. The molecular formula is C19H24N2O3. The van der Waals surface area contributed by atoms with E-state index in [-0.39, 0.29) is 11.9 Å². The van der Waals surface area contributed by atoms with Gasteiger partial charge in [-0.15, -0.1) is 0 Å². The topological polar surface area (TPSA) is 51.7 Å². The summed E-state index contributed by atoms with van der Waals surface area (Å²) in [5, 5.41) is 0. The van der Waals surface area contributed by atoms with E-state index < -0.39 is 0 Å². The molecule has 5 heteroatoms. The van der Waals surface area contributed by atoms with E-state index in [1.165, 1.54) is 0 Å². The van der Waals surface area contributed by atoms with Crippen LogP contribution in [-0.4, -0.2) is 42.7 Å². The molecule has 0 aliphatic heterocycles. The van der Waals surface area contributed by atoms with E-state index in [9.17, 15) is 4.79 Å². The van der Waals surface area contributed by atoms with Crippen molar-refractivity contribution in [1.82, 2.24) is 9.88 Å². The fourth-order valence-electron chi connectivity index (χ4n) is 2.34. The van der Waals surface area contributed by atoms with Gasteiger partial charge in [-0.1, -0.05) is 18.2 Å². The predicted octanol–water partition coefficient (Wildman–Crippen LogP) is 3.33. The Morgan fingerprint density at radius 1 is 1.21 bits per heavy atom. The number of para-hydroxylation sites is 1. The molecule has 0 unspecified atom stereocenters. The van der Waals surface area contributed by atoms with Crippen molar-refractivity contribution in [2.24, 2.45) is 0 Å². The minimum atomic E-state index is -0.0848. The average Bonchev–Trinajstić information content (AvgIpc) is 2.64. The number of carbonyl (C=O) groups is 1. The molecule has 0 bridgehead atoms. The number of hydrogen-bond donors (Lipinski definition) is 0. The molecule has 1 aromatic carbocycles. The third-order valence-electron chi connectivity index (χ3n) is 3.87. The maximum Gasteiger partial charge on any atom is 0.257 e. The number of nitrogens with zero attached hydrogens (tertiary/aromatic N) is 2. The van der Waals surface area contributed by atoms with Crippen molar-refractivity contribution in [3.63, 3.8) is 0 Å². The maximum absolute atomic E-state index is 12.9. The molecule has 1 heterocycles. The van der Waals surface area contributed by atoms with Crippen LogP contribution < -0.4 is 4.74 Å². The highest BCUT2D eigenvalue weighted by Crippen LogP contribution is 2.24. The molecule has 24 heavy (non-hydrogen) atoms. The number of aromatic nitrogens is 1. The summed E-state index contributed by atoms with van der Waals surface area (Å²) in [5.41, 5.74) is 1.54. The lowest BCUT2D eigenvalue weighted by Gasteiger charge is -2.26. The summed E-state index contributed by atoms with van der Waals surface area (Å²) >= 11 is 0. The molecule has 0 radical (unpaired) electrons. The van der Waals surface area contributed by atoms with Crippen LogP contribution in [-0.2, 0) is 4.74 Å². The highest BCUT2D eigenvalue weighted by atomic mass is 16.5. The Balaban J connectivity index is 2.11. The number of pyridine rings is 1. The van der Waals surface area contributed by atoms with E-state index in [0.717, 1.165) is 5.56 Å². The monoisotopic (exact) mass is 328 g/mol. The lowest BCUT2D eigenvalue weighted by Crippen LogP contribution is -2.30. The highest BCUT2D eigenvalue weighted by molar-refractivity contribution is 5.97. The number of carbonyl (C=O) groups excluding carboxylic acids is 1. The van der Waals surface area contributed by atoms with E-state index in [0.29, 0.717) is 31.1 Å². The van der Waals surface area contributed by atoms with Crippen molar-refractivity contribution >= 4 is 5.91 Å². The van der Waals surface area contributed by atoms with Gasteiger partial charge in [-0.25, -0.2) is 0 Å². The third-order valence-corrected chi connectivity index (χ3v) is 3.87. The van der Waals surface area contributed by atoms with E-state index in [4.69, 9.17) is 9.47 Å². The summed E-state index contributed by atoms with van der Waals surface area (Å²) < 4.78 is 11.0. The second-order valence-electron chi connectivity index (χ2n) is 5.42. The van der Waals surface area contributed by atoms with Gasteiger partial charge >= 0.3 is 0 Å². The number of hydrogen-bond acceptors (Lipinski definition) is 4. The van der Waals surface area contributed by atoms with Gasteiger partial charge in [-0.3, -0.25) is 9.78 Å². The first-order valence-electron chi connectivity index (χ1n) is 8.11. The number of rotatable bonds is 8. The Morgan fingerprint density at radius 3 is 2.71 bits per heavy atom. The van der Waals surface area contributed by atoms with Gasteiger partial charge in [0, 0.05) is 26.0 Å². The van der Waals surface area contributed by atoms with Crippen LogP contribution in [0, 0.1) is 0 Å². The van der Waals surface area contributed by atoms with Gasteiger partial charge in [0.1, 0.15) is 12.4 Å². The highest BCUT2D eigenvalue weighted by Gasteiger charge is 2.21. The first-order valence-corrected chi connectivity index (χ1v) is 8.11. The Kier molecular flexibility index (Phi) is 6.75. The lowest BCUT2D eigenvalue weighted by molar-refractivity contribution is 0.0732. The van der Waals surface area contributed by atoms with Crippen LogP contribution in [0.15, 0.2) is 48.8 Å². The van der Waals surface area contributed by atoms with Crippen LogP contribution in [0.1, 0.15) is 35.8 Å². The lowest BCUT2D eigenvalue weighted by atomic mass is 10.1. The van der Waals surface area contributed by atoms with Crippen molar-refractivity contribution in [3.8, 4) is 5.75 Å². The molecule has 0 N–H and O–H groups in total. The summed E-state index contributed by atoms with van der Waals surface area (Å²) in [6.45, 7) is 5.48. The van der Waals surface area contributed by atoms with Crippen LogP contribution in [0.3, 0.4) is 0 Å². The first-order chi connectivity index (χ1) is 11.6. The minimum absolute atomic E-state index is 0.0809. The fraction of sp³-hybridized carbons (Fsp3) is 0.368. The second kappa shape index (κ2) is 9.03. The maximum atomic E-state index is 12.9. The molecule has 0 fully saturated rings. The largest absolute Gasteiger partial charge is 0.490 e. The Hall–Kier alpha value is -2.40. The zero-order valence-corrected chi connectivity index (χ0v) is 14.4. The normalized spacial score (nSPS) is 11.8. The molecule has 1 aromatic heterocycles. The second-order valence-corrected chi connectivity index (χ2v) is 5.42. The van der Waals surface area contributed by atoms with Gasteiger partial charge in [0.15, 0.2) is 0 Å².